The van der Waals surface area contributed by atoms with Gasteiger partial charge in [0.15, 0.2) is 0 Å². The smallest absolute Gasteiger partial charge is 0.242 e. The lowest BCUT2D eigenvalue weighted by Crippen LogP contribution is -2.24. The number of para-hydroxylation sites is 1. The molecule has 0 saturated carbocycles. The number of hydrogen-bond acceptors (Lipinski definition) is 4. The number of benzene rings is 1. The van der Waals surface area contributed by atoms with Crippen molar-refractivity contribution in [3.63, 3.8) is 0 Å². The van der Waals surface area contributed by atoms with E-state index in [1.807, 2.05) is 13.0 Å². The minimum absolute atomic E-state index is 0.209. The van der Waals surface area contributed by atoms with Gasteiger partial charge in [0.25, 0.3) is 0 Å². The van der Waals surface area contributed by atoms with Crippen molar-refractivity contribution in [2.45, 2.75) is 24.8 Å². The molecular weight excluding hydrogens is 276 g/mol. The van der Waals surface area contributed by atoms with Gasteiger partial charge in [0.1, 0.15) is 4.90 Å². The first-order valence-corrected chi connectivity index (χ1v) is 7.92. The molecule has 0 atom stereocenters. The third-order valence-electron chi connectivity index (χ3n) is 2.76. The molecule has 0 aliphatic heterocycles. The summed E-state index contributed by atoms with van der Waals surface area (Å²) in [7, 11) is -3.55. The van der Waals surface area contributed by atoms with Gasteiger partial charge in [-0.05, 0) is 18.6 Å². The Hall–Kier alpha value is -1.86. The van der Waals surface area contributed by atoms with Gasteiger partial charge in [0.05, 0.1) is 11.9 Å². The predicted molar refractivity (Wildman–Crippen MR) is 77.8 cm³/mol. The van der Waals surface area contributed by atoms with E-state index >= 15 is 0 Å². The van der Waals surface area contributed by atoms with E-state index < -0.39 is 10.0 Å². The number of H-pyrrole nitrogens is 1. The number of aromatic nitrogens is 2. The zero-order valence-corrected chi connectivity index (χ0v) is 12.1. The van der Waals surface area contributed by atoms with Gasteiger partial charge >= 0.3 is 0 Å². The van der Waals surface area contributed by atoms with Gasteiger partial charge in [0.2, 0.25) is 10.0 Å². The van der Waals surface area contributed by atoms with E-state index in [1.54, 1.807) is 30.6 Å². The topological polar surface area (TPSA) is 86.9 Å². The summed E-state index contributed by atoms with van der Waals surface area (Å²) in [4.78, 5) is 0.261. The second kappa shape index (κ2) is 6.53. The number of sulfonamides is 1. The van der Waals surface area contributed by atoms with Crippen molar-refractivity contribution >= 4 is 15.7 Å². The fourth-order valence-electron chi connectivity index (χ4n) is 1.74. The van der Waals surface area contributed by atoms with Crippen LogP contribution in [-0.4, -0.2) is 25.2 Å². The lowest BCUT2D eigenvalue weighted by molar-refractivity contribution is 0.581. The first-order valence-electron chi connectivity index (χ1n) is 6.43. The van der Waals surface area contributed by atoms with Gasteiger partial charge < -0.3 is 5.32 Å². The van der Waals surface area contributed by atoms with Crippen LogP contribution in [0.15, 0.2) is 41.6 Å². The van der Waals surface area contributed by atoms with Crippen molar-refractivity contribution in [1.29, 1.82) is 0 Å². The van der Waals surface area contributed by atoms with Gasteiger partial charge in [-0.2, -0.15) is 5.10 Å². The van der Waals surface area contributed by atoms with Crippen LogP contribution in [0.5, 0.6) is 0 Å². The van der Waals surface area contributed by atoms with Crippen molar-refractivity contribution in [3.05, 3.63) is 42.2 Å². The third-order valence-corrected chi connectivity index (χ3v) is 4.22. The molecule has 0 radical (unpaired) electrons. The Kier molecular flexibility index (Phi) is 4.75. The molecule has 2 aromatic rings. The normalized spacial score (nSPS) is 11.4. The molecule has 6 nitrogen and oxygen atoms in total. The summed E-state index contributed by atoms with van der Waals surface area (Å²) in [5, 5.41) is 9.55. The van der Waals surface area contributed by atoms with Crippen LogP contribution in [0, 0.1) is 0 Å². The molecule has 0 aliphatic carbocycles. The summed E-state index contributed by atoms with van der Waals surface area (Å²) in [6, 6.07) is 6.88. The standard InChI is InChI=1S/C13H18N4O2S/c1-2-7-14-12-5-3-4-6-13(12)20(18,19)17-10-11-8-15-16-9-11/h3-6,8-9,14,17H,2,7,10H2,1H3,(H,15,16). The highest BCUT2D eigenvalue weighted by atomic mass is 32.2. The number of nitrogens with one attached hydrogen (secondary N) is 3. The van der Waals surface area contributed by atoms with E-state index in [2.05, 4.69) is 20.2 Å². The summed E-state index contributed by atoms with van der Waals surface area (Å²) >= 11 is 0. The van der Waals surface area contributed by atoms with E-state index in [0.717, 1.165) is 18.5 Å². The quantitative estimate of drug-likeness (QED) is 0.725. The van der Waals surface area contributed by atoms with Crippen molar-refractivity contribution in [2.24, 2.45) is 0 Å². The molecular formula is C13H18N4O2S. The summed E-state index contributed by atoms with van der Waals surface area (Å²) in [6.45, 7) is 2.97. The Morgan fingerprint density at radius 1 is 1.30 bits per heavy atom. The molecule has 1 aromatic carbocycles. The van der Waals surface area contributed by atoms with E-state index in [4.69, 9.17) is 0 Å². The molecule has 0 aliphatic rings. The summed E-state index contributed by atoms with van der Waals surface area (Å²) in [5.41, 5.74) is 1.40. The van der Waals surface area contributed by atoms with Gasteiger partial charge in [-0.15, -0.1) is 0 Å². The zero-order chi connectivity index (χ0) is 14.4. The Bertz CT molecular complexity index is 638. The van der Waals surface area contributed by atoms with Crippen LogP contribution in [0.3, 0.4) is 0 Å². The van der Waals surface area contributed by atoms with Crippen LogP contribution in [0.2, 0.25) is 0 Å². The Balaban J connectivity index is 2.16. The zero-order valence-electron chi connectivity index (χ0n) is 11.3. The van der Waals surface area contributed by atoms with E-state index in [9.17, 15) is 8.42 Å². The first-order chi connectivity index (χ1) is 9.63. The molecule has 1 aromatic heterocycles. The largest absolute Gasteiger partial charge is 0.384 e. The van der Waals surface area contributed by atoms with E-state index in [-0.39, 0.29) is 11.4 Å². The maximum Gasteiger partial charge on any atom is 0.242 e. The van der Waals surface area contributed by atoms with Crippen molar-refractivity contribution < 1.29 is 8.42 Å². The highest BCUT2D eigenvalue weighted by molar-refractivity contribution is 7.89. The predicted octanol–water partition coefficient (Wildman–Crippen LogP) is 1.71. The summed E-state index contributed by atoms with van der Waals surface area (Å²) in [5.74, 6) is 0. The Labute approximate surface area is 118 Å². The molecule has 0 bridgehead atoms. The average Bonchev–Trinajstić information content (AvgIpc) is 2.97. The molecule has 1 heterocycles. The highest BCUT2D eigenvalue weighted by Crippen LogP contribution is 2.20. The number of hydrogen-bond donors (Lipinski definition) is 3. The maximum absolute atomic E-state index is 12.3. The maximum atomic E-state index is 12.3. The lowest BCUT2D eigenvalue weighted by atomic mass is 10.3. The SMILES string of the molecule is CCCNc1ccccc1S(=O)(=O)NCc1cn[nH]c1. The molecule has 0 amide bonds. The summed E-state index contributed by atoms with van der Waals surface area (Å²) in [6.07, 6.45) is 4.17. The van der Waals surface area contributed by atoms with Crippen LogP contribution in [0.1, 0.15) is 18.9 Å². The van der Waals surface area contributed by atoms with Crippen LogP contribution in [-0.2, 0) is 16.6 Å². The van der Waals surface area contributed by atoms with Crippen molar-refractivity contribution in [2.75, 3.05) is 11.9 Å². The second-order valence-corrected chi connectivity index (χ2v) is 6.09. The van der Waals surface area contributed by atoms with Crippen LogP contribution < -0.4 is 10.0 Å². The molecule has 108 valence electrons. The fourth-order valence-corrected chi connectivity index (χ4v) is 2.94. The van der Waals surface area contributed by atoms with Gasteiger partial charge in [-0.1, -0.05) is 19.1 Å². The van der Waals surface area contributed by atoms with Crippen LogP contribution >= 0.6 is 0 Å². The van der Waals surface area contributed by atoms with Gasteiger partial charge in [-0.3, -0.25) is 5.10 Å². The molecule has 2 rings (SSSR count). The second-order valence-electron chi connectivity index (χ2n) is 4.35. The number of aromatic amines is 1. The highest BCUT2D eigenvalue weighted by Gasteiger charge is 2.17. The van der Waals surface area contributed by atoms with Gasteiger partial charge in [-0.25, -0.2) is 13.1 Å². The average molecular weight is 294 g/mol. The summed E-state index contributed by atoms with van der Waals surface area (Å²) < 4.78 is 27.2. The lowest BCUT2D eigenvalue weighted by Gasteiger charge is -2.12. The number of nitrogens with zero attached hydrogens (tertiary/aromatic N) is 1. The molecule has 7 heteroatoms. The molecule has 0 spiro atoms. The molecule has 0 saturated heterocycles. The monoisotopic (exact) mass is 294 g/mol. The first kappa shape index (κ1) is 14.5. The molecule has 0 fully saturated rings. The fraction of sp³-hybridized carbons (Fsp3) is 0.308. The minimum atomic E-state index is -3.55. The van der Waals surface area contributed by atoms with Gasteiger partial charge in [0, 0.05) is 24.8 Å². The molecule has 0 unspecified atom stereocenters. The molecule has 3 N–H and O–H groups in total. The van der Waals surface area contributed by atoms with Crippen LogP contribution in [0.25, 0.3) is 0 Å². The third kappa shape index (κ3) is 3.58. The minimum Gasteiger partial charge on any atom is -0.384 e. The number of rotatable bonds is 7. The van der Waals surface area contributed by atoms with Crippen molar-refractivity contribution in [1.82, 2.24) is 14.9 Å². The van der Waals surface area contributed by atoms with E-state index in [1.165, 1.54) is 0 Å². The Morgan fingerprint density at radius 3 is 2.80 bits per heavy atom. The van der Waals surface area contributed by atoms with Crippen molar-refractivity contribution in [3.8, 4) is 0 Å². The number of anilines is 1. The van der Waals surface area contributed by atoms with E-state index in [0.29, 0.717) is 5.69 Å². The molecule has 20 heavy (non-hydrogen) atoms. The van der Waals surface area contributed by atoms with Crippen LogP contribution in [0.4, 0.5) is 5.69 Å². The Morgan fingerprint density at radius 2 is 2.10 bits per heavy atom.